The molecule has 2 radical (unpaired) electrons. The van der Waals surface area contributed by atoms with Gasteiger partial charge in [0, 0.05) is 11.6 Å². The number of ether oxygens (including phenoxy) is 2. The van der Waals surface area contributed by atoms with Gasteiger partial charge in [-0.2, -0.15) is 0 Å². The quantitative estimate of drug-likeness (QED) is 0.594. The molecule has 1 aromatic carbocycles. The van der Waals surface area contributed by atoms with Crippen molar-refractivity contribution < 1.29 is 19.1 Å². The van der Waals surface area contributed by atoms with Gasteiger partial charge in [-0.3, -0.25) is 4.57 Å². The standard InChI is InChI=1S/C15H16BNO4/c1-15(2,3)21-14(19)17-8-11(13(18)20-4)10-7-9(16)5-6-12(10)17/h5-8H,1-4H3. The zero-order valence-electron chi connectivity index (χ0n) is 12.5. The first-order chi connectivity index (χ1) is 9.73. The van der Waals surface area contributed by atoms with Crippen molar-refractivity contribution in [2.24, 2.45) is 0 Å². The first-order valence-corrected chi connectivity index (χ1v) is 6.45. The minimum atomic E-state index is -0.632. The second-order valence-corrected chi connectivity index (χ2v) is 5.66. The fraction of sp³-hybridized carbons (Fsp3) is 0.333. The van der Waals surface area contributed by atoms with E-state index in [0.717, 1.165) is 0 Å². The molecule has 0 amide bonds. The molecule has 5 nitrogen and oxygen atoms in total. The maximum atomic E-state index is 12.2. The number of hydrogen-bond donors (Lipinski definition) is 0. The molecular formula is C15H16BNO4. The van der Waals surface area contributed by atoms with Gasteiger partial charge in [0.05, 0.1) is 18.2 Å². The van der Waals surface area contributed by atoms with E-state index < -0.39 is 17.7 Å². The summed E-state index contributed by atoms with van der Waals surface area (Å²) in [6.07, 6.45) is 0.844. The molecule has 21 heavy (non-hydrogen) atoms. The zero-order chi connectivity index (χ0) is 15.8. The minimum absolute atomic E-state index is 0.269. The molecule has 0 aliphatic rings. The molecule has 0 atom stereocenters. The third kappa shape index (κ3) is 3.10. The van der Waals surface area contributed by atoms with Crippen LogP contribution < -0.4 is 5.46 Å². The lowest BCUT2D eigenvalue weighted by molar-refractivity contribution is 0.0544. The molecule has 1 heterocycles. The summed E-state index contributed by atoms with van der Waals surface area (Å²) in [7, 11) is 7.03. The van der Waals surface area contributed by atoms with Crippen LogP contribution in [0.15, 0.2) is 24.4 Å². The van der Waals surface area contributed by atoms with Gasteiger partial charge in [0.1, 0.15) is 13.4 Å². The summed E-state index contributed by atoms with van der Waals surface area (Å²) in [5.41, 5.74) is 0.673. The number of rotatable bonds is 1. The van der Waals surface area contributed by atoms with Crippen LogP contribution >= 0.6 is 0 Å². The Morgan fingerprint density at radius 1 is 1.24 bits per heavy atom. The largest absolute Gasteiger partial charge is 0.465 e. The van der Waals surface area contributed by atoms with Gasteiger partial charge in [-0.05, 0) is 26.8 Å². The van der Waals surface area contributed by atoms with E-state index in [9.17, 15) is 9.59 Å². The van der Waals surface area contributed by atoms with Crippen molar-refractivity contribution in [3.8, 4) is 0 Å². The lowest BCUT2D eigenvalue weighted by Gasteiger charge is -2.19. The van der Waals surface area contributed by atoms with Gasteiger partial charge in [0.2, 0.25) is 0 Å². The van der Waals surface area contributed by atoms with Gasteiger partial charge in [0.25, 0.3) is 0 Å². The first-order valence-electron chi connectivity index (χ1n) is 6.45. The van der Waals surface area contributed by atoms with E-state index in [1.807, 2.05) is 0 Å². The fourth-order valence-electron chi connectivity index (χ4n) is 1.98. The first kappa shape index (κ1) is 15.2. The Labute approximate surface area is 124 Å². The maximum Gasteiger partial charge on any atom is 0.419 e. The van der Waals surface area contributed by atoms with Gasteiger partial charge in [0.15, 0.2) is 0 Å². The van der Waals surface area contributed by atoms with Crippen molar-refractivity contribution >= 4 is 36.3 Å². The predicted octanol–water partition coefficient (Wildman–Crippen LogP) is 2.00. The SMILES string of the molecule is [B]c1ccc2c(c1)c(C(=O)OC)cn2C(=O)OC(C)(C)C. The van der Waals surface area contributed by atoms with Crippen LogP contribution in [-0.4, -0.2) is 37.2 Å². The smallest absolute Gasteiger partial charge is 0.419 e. The summed E-state index contributed by atoms with van der Waals surface area (Å²) in [4.78, 5) is 24.1. The van der Waals surface area contributed by atoms with Crippen LogP contribution in [0.1, 0.15) is 31.1 Å². The van der Waals surface area contributed by atoms with Gasteiger partial charge in [-0.1, -0.05) is 17.6 Å². The third-order valence-electron chi connectivity index (χ3n) is 2.82. The van der Waals surface area contributed by atoms with E-state index in [2.05, 4.69) is 0 Å². The van der Waals surface area contributed by atoms with Gasteiger partial charge in [-0.25, -0.2) is 9.59 Å². The number of benzene rings is 1. The lowest BCUT2D eigenvalue weighted by Crippen LogP contribution is -2.26. The summed E-state index contributed by atoms with van der Waals surface area (Å²) in [5.74, 6) is -0.534. The van der Waals surface area contributed by atoms with Crippen molar-refractivity contribution in [2.45, 2.75) is 26.4 Å². The highest BCUT2D eigenvalue weighted by molar-refractivity contribution is 6.33. The molecule has 2 rings (SSSR count). The number of esters is 1. The Morgan fingerprint density at radius 3 is 2.48 bits per heavy atom. The van der Waals surface area contributed by atoms with E-state index in [1.54, 1.807) is 39.0 Å². The molecule has 0 spiro atoms. The number of hydrogen-bond acceptors (Lipinski definition) is 4. The number of aromatic nitrogens is 1. The maximum absolute atomic E-state index is 12.2. The number of fused-ring (bicyclic) bond motifs is 1. The fourth-order valence-corrected chi connectivity index (χ4v) is 1.98. The van der Waals surface area contributed by atoms with Crippen LogP contribution in [0.5, 0.6) is 0 Å². The number of carbonyl (C=O) groups excluding carboxylic acids is 2. The van der Waals surface area contributed by atoms with Crippen LogP contribution in [0.3, 0.4) is 0 Å². The van der Waals surface area contributed by atoms with Crippen LogP contribution in [0.2, 0.25) is 0 Å². The Bertz CT molecular complexity index is 712. The average Bonchev–Trinajstić information content (AvgIpc) is 2.74. The number of carbonyl (C=O) groups is 2. The van der Waals surface area contributed by atoms with Crippen LogP contribution in [0, 0.1) is 0 Å². The molecule has 0 aliphatic carbocycles. The van der Waals surface area contributed by atoms with E-state index in [4.69, 9.17) is 17.3 Å². The molecule has 0 saturated carbocycles. The molecule has 0 N–H and O–H groups in total. The van der Waals surface area contributed by atoms with Crippen LogP contribution in [0.4, 0.5) is 4.79 Å². The Kier molecular flexibility index (Phi) is 3.81. The van der Waals surface area contributed by atoms with Crippen molar-refractivity contribution in [3.05, 3.63) is 30.0 Å². The van der Waals surface area contributed by atoms with E-state index in [1.165, 1.54) is 17.9 Å². The van der Waals surface area contributed by atoms with E-state index in [-0.39, 0.29) is 5.56 Å². The molecule has 2 aromatic rings. The summed E-state index contributed by atoms with van der Waals surface area (Å²) >= 11 is 0. The lowest BCUT2D eigenvalue weighted by atomic mass is 9.94. The normalized spacial score (nSPS) is 11.4. The topological polar surface area (TPSA) is 57.5 Å². The van der Waals surface area contributed by atoms with Crippen LogP contribution in [0.25, 0.3) is 10.9 Å². The summed E-state index contributed by atoms with van der Waals surface area (Å²) in [5, 5.41) is 0.549. The summed E-state index contributed by atoms with van der Waals surface area (Å²) in [6, 6.07) is 4.95. The molecule has 0 saturated heterocycles. The molecule has 1 aromatic heterocycles. The van der Waals surface area contributed by atoms with Gasteiger partial charge < -0.3 is 9.47 Å². The second-order valence-electron chi connectivity index (χ2n) is 5.66. The second kappa shape index (κ2) is 5.28. The highest BCUT2D eigenvalue weighted by Gasteiger charge is 2.23. The summed E-state index contributed by atoms with van der Waals surface area (Å²) < 4.78 is 11.3. The minimum Gasteiger partial charge on any atom is -0.465 e. The zero-order valence-corrected chi connectivity index (χ0v) is 12.5. The Morgan fingerprint density at radius 2 is 1.90 bits per heavy atom. The predicted molar refractivity (Wildman–Crippen MR) is 80.3 cm³/mol. The van der Waals surface area contributed by atoms with Crippen LogP contribution in [-0.2, 0) is 9.47 Å². The monoisotopic (exact) mass is 285 g/mol. The molecular weight excluding hydrogens is 269 g/mol. The molecule has 0 fully saturated rings. The molecule has 0 unspecified atom stereocenters. The molecule has 108 valence electrons. The molecule has 0 bridgehead atoms. The van der Waals surface area contributed by atoms with E-state index >= 15 is 0 Å². The number of methoxy groups -OCH3 is 1. The van der Waals surface area contributed by atoms with Crippen molar-refractivity contribution in [1.29, 1.82) is 0 Å². The Hall–Kier alpha value is -2.24. The molecule has 0 aliphatic heterocycles. The Balaban J connectivity index is 2.60. The molecule has 6 heteroatoms. The van der Waals surface area contributed by atoms with Gasteiger partial charge >= 0.3 is 12.1 Å². The van der Waals surface area contributed by atoms with Crippen molar-refractivity contribution in [1.82, 2.24) is 4.57 Å². The highest BCUT2D eigenvalue weighted by Crippen LogP contribution is 2.22. The van der Waals surface area contributed by atoms with Crippen molar-refractivity contribution in [2.75, 3.05) is 7.11 Å². The highest BCUT2D eigenvalue weighted by atomic mass is 16.6. The third-order valence-corrected chi connectivity index (χ3v) is 2.82. The summed E-state index contributed by atoms with van der Waals surface area (Å²) in [6.45, 7) is 5.32. The average molecular weight is 285 g/mol. The van der Waals surface area contributed by atoms with Crippen molar-refractivity contribution in [3.63, 3.8) is 0 Å². The van der Waals surface area contributed by atoms with Gasteiger partial charge in [-0.15, -0.1) is 0 Å². The van der Waals surface area contributed by atoms with E-state index in [0.29, 0.717) is 16.4 Å². The number of nitrogens with zero attached hydrogens (tertiary/aromatic N) is 1.